The molecule has 1 aromatic heterocycles. The third kappa shape index (κ3) is 5.97. The number of aromatic nitrogens is 2. The number of hydrogen-bond donors (Lipinski definition) is 2. The zero-order chi connectivity index (χ0) is 15.9. The molecular formula is C15H27ClN4O2S. The molecule has 1 aromatic rings. The predicted molar refractivity (Wildman–Crippen MR) is 94.9 cm³/mol. The van der Waals surface area contributed by atoms with Crippen molar-refractivity contribution in [3.05, 3.63) is 11.7 Å². The van der Waals surface area contributed by atoms with Crippen LogP contribution in [0.3, 0.4) is 0 Å². The second-order valence-electron chi connectivity index (χ2n) is 5.94. The van der Waals surface area contributed by atoms with Crippen LogP contribution in [-0.2, 0) is 4.79 Å². The van der Waals surface area contributed by atoms with E-state index in [1.165, 1.54) is 19.3 Å². The van der Waals surface area contributed by atoms with Gasteiger partial charge in [0.2, 0.25) is 11.8 Å². The van der Waals surface area contributed by atoms with Gasteiger partial charge in [-0.3, -0.25) is 4.79 Å². The first-order valence-electron chi connectivity index (χ1n) is 8.00. The Morgan fingerprint density at radius 3 is 2.78 bits per heavy atom. The number of carbonyl (C=O) groups excluding carboxylic acids is 1. The van der Waals surface area contributed by atoms with Crippen LogP contribution in [0.25, 0.3) is 0 Å². The molecule has 0 spiro atoms. The van der Waals surface area contributed by atoms with Gasteiger partial charge >= 0.3 is 0 Å². The topological polar surface area (TPSA) is 94.0 Å². The highest BCUT2D eigenvalue weighted by Crippen LogP contribution is 2.31. The number of nitrogens with one attached hydrogen (secondary N) is 1. The Morgan fingerprint density at radius 1 is 1.43 bits per heavy atom. The van der Waals surface area contributed by atoms with Gasteiger partial charge in [0.15, 0.2) is 5.82 Å². The summed E-state index contributed by atoms with van der Waals surface area (Å²) in [6.45, 7) is 1.84. The van der Waals surface area contributed by atoms with Crippen LogP contribution in [-0.4, -0.2) is 34.1 Å². The van der Waals surface area contributed by atoms with Gasteiger partial charge in [0, 0.05) is 5.92 Å². The summed E-state index contributed by atoms with van der Waals surface area (Å²) in [6.07, 6.45) is 8.66. The molecule has 0 bridgehead atoms. The zero-order valence-electron chi connectivity index (χ0n) is 13.8. The van der Waals surface area contributed by atoms with Crippen molar-refractivity contribution in [1.82, 2.24) is 15.5 Å². The number of nitrogens with zero attached hydrogens (tertiary/aromatic N) is 2. The Bertz CT molecular complexity index is 480. The van der Waals surface area contributed by atoms with E-state index in [1.54, 1.807) is 11.8 Å². The maximum atomic E-state index is 12.0. The van der Waals surface area contributed by atoms with Crippen molar-refractivity contribution < 1.29 is 9.32 Å². The molecule has 0 radical (unpaired) electrons. The van der Waals surface area contributed by atoms with Crippen LogP contribution in [0.1, 0.15) is 69.1 Å². The molecule has 1 aliphatic carbocycles. The fraction of sp³-hybridized carbons (Fsp3) is 0.800. The van der Waals surface area contributed by atoms with Crippen molar-refractivity contribution in [2.45, 2.75) is 63.5 Å². The highest BCUT2D eigenvalue weighted by Gasteiger charge is 2.24. The van der Waals surface area contributed by atoms with Gasteiger partial charge in [0.1, 0.15) is 6.04 Å². The Balaban J connectivity index is 0.00000264. The van der Waals surface area contributed by atoms with E-state index in [-0.39, 0.29) is 24.4 Å². The molecule has 1 saturated carbocycles. The number of nitrogens with two attached hydrogens (primary N) is 1. The minimum Gasteiger partial charge on any atom is -0.343 e. The van der Waals surface area contributed by atoms with E-state index in [1.807, 2.05) is 13.2 Å². The van der Waals surface area contributed by atoms with Crippen molar-refractivity contribution in [1.29, 1.82) is 0 Å². The van der Waals surface area contributed by atoms with Gasteiger partial charge in [-0.1, -0.05) is 24.4 Å². The van der Waals surface area contributed by atoms with Crippen LogP contribution >= 0.6 is 24.2 Å². The molecule has 23 heavy (non-hydrogen) atoms. The first-order chi connectivity index (χ1) is 10.6. The Morgan fingerprint density at radius 2 is 2.13 bits per heavy atom. The molecule has 2 atom stereocenters. The molecule has 0 aliphatic heterocycles. The summed E-state index contributed by atoms with van der Waals surface area (Å²) in [5.74, 6) is 2.35. The van der Waals surface area contributed by atoms with Crippen molar-refractivity contribution in [3.8, 4) is 0 Å². The minimum absolute atomic E-state index is 0. The molecule has 1 aliphatic rings. The summed E-state index contributed by atoms with van der Waals surface area (Å²) in [5, 5.41) is 6.94. The lowest BCUT2D eigenvalue weighted by Crippen LogP contribution is -2.42. The van der Waals surface area contributed by atoms with Crippen molar-refractivity contribution in [2.24, 2.45) is 5.73 Å². The van der Waals surface area contributed by atoms with E-state index >= 15 is 0 Å². The zero-order valence-corrected chi connectivity index (χ0v) is 15.4. The lowest BCUT2D eigenvalue weighted by atomic mass is 9.89. The number of rotatable bonds is 7. The first kappa shape index (κ1) is 20.3. The van der Waals surface area contributed by atoms with Gasteiger partial charge < -0.3 is 15.6 Å². The van der Waals surface area contributed by atoms with Gasteiger partial charge in [-0.25, -0.2) is 0 Å². The van der Waals surface area contributed by atoms with E-state index in [9.17, 15) is 4.79 Å². The highest BCUT2D eigenvalue weighted by molar-refractivity contribution is 7.98. The third-order valence-corrected chi connectivity index (χ3v) is 4.77. The standard InChI is InChI=1S/C15H26N4O2S.ClH/c1-10(17-14(20)12(16)8-9-22-2)15-18-13(19-21-15)11-6-4-3-5-7-11;/h10-12H,3-9,16H2,1-2H3,(H,17,20);1H/t10?,12-;/m0./s1. The Labute approximate surface area is 148 Å². The monoisotopic (exact) mass is 362 g/mol. The van der Waals surface area contributed by atoms with E-state index in [0.29, 0.717) is 18.2 Å². The molecule has 0 saturated heterocycles. The van der Waals surface area contributed by atoms with Crippen molar-refractivity contribution >= 4 is 30.1 Å². The number of thioether (sulfide) groups is 1. The summed E-state index contributed by atoms with van der Waals surface area (Å²) in [6, 6.07) is -0.798. The van der Waals surface area contributed by atoms with Crippen LogP contribution in [0.5, 0.6) is 0 Å². The van der Waals surface area contributed by atoms with Crippen LogP contribution in [0.2, 0.25) is 0 Å². The fourth-order valence-electron chi connectivity index (χ4n) is 2.71. The summed E-state index contributed by atoms with van der Waals surface area (Å²) < 4.78 is 5.32. The predicted octanol–water partition coefficient (Wildman–Crippen LogP) is 2.80. The molecule has 1 amide bonds. The molecule has 1 heterocycles. The second-order valence-corrected chi connectivity index (χ2v) is 6.93. The fourth-order valence-corrected chi connectivity index (χ4v) is 3.20. The van der Waals surface area contributed by atoms with Crippen molar-refractivity contribution in [2.75, 3.05) is 12.0 Å². The number of hydrogen-bond acceptors (Lipinski definition) is 6. The number of halogens is 1. The summed E-state index contributed by atoms with van der Waals surface area (Å²) >= 11 is 1.68. The lowest BCUT2D eigenvalue weighted by molar-refractivity contribution is -0.123. The summed E-state index contributed by atoms with van der Waals surface area (Å²) in [5.41, 5.74) is 5.86. The Hall–Kier alpha value is -0.790. The van der Waals surface area contributed by atoms with Gasteiger partial charge in [0.25, 0.3) is 0 Å². The molecule has 3 N–H and O–H groups in total. The maximum Gasteiger partial charge on any atom is 0.248 e. The first-order valence-corrected chi connectivity index (χ1v) is 9.39. The van der Waals surface area contributed by atoms with E-state index < -0.39 is 6.04 Å². The molecule has 2 rings (SSSR count). The molecular weight excluding hydrogens is 336 g/mol. The molecule has 1 fully saturated rings. The van der Waals surface area contributed by atoms with E-state index in [0.717, 1.165) is 24.4 Å². The maximum absolute atomic E-state index is 12.0. The third-order valence-electron chi connectivity index (χ3n) is 4.13. The van der Waals surface area contributed by atoms with Gasteiger partial charge in [-0.05, 0) is 38.2 Å². The normalized spacial score (nSPS) is 18.0. The quantitative estimate of drug-likeness (QED) is 0.774. The number of carbonyl (C=O) groups is 1. The summed E-state index contributed by atoms with van der Waals surface area (Å²) in [4.78, 5) is 16.5. The number of amides is 1. The highest BCUT2D eigenvalue weighted by atomic mass is 35.5. The van der Waals surface area contributed by atoms with Gasteiger partial charge in [0.05, 0.1) is 6.04 Å². The minimum atomic E-state index is -0.490. The average Bonchev–Trinajstić information content (AvgIpc) is 3.03. The summed E-state index contributed by atoms with van der Waals surface area (Å²) in [7, 11) is 0. The lowest BCUT2D eigenvalue weighted by Gasteiger charge is -2.17. The largest absolute Gasteiger partial charge is 0.343 e. The van der Waals surface area contributed by atoms with Crippen LogP contribution < -0.4 is 11.1 Å². The SMILES string of the molecule is CSCC[C@H](N)C(=O)NC(C)c1nc(C2CCCCC2)no1.Cl. The molecule has 132 valence electrons. The Kier molecular flexibility index (Phi) is 8.94. The van der Waals surface area contributed by atoms with Gasteiger partial charge in [-0.15, -0.1) is 12.4 Å². The average molecular weight is 363 g/mol. The van der Waals surface area contributed by atoms with E-state index in [4.69, 9.17) is 10.3 Å². The molecule has 1 unspecified atom stereocenters. The smallest absolute Gasteiger partial charge is 0.248 e. The van der Waals surface area contributed by atoms with Crippen molar-refractivity contribution in [3.63, 3.8) is 0 Å². The molecule has 6 nitrogen and oxygen atoms in total. The van der Waals surface area contributed by atoms with Crippen LogP contribution in [0, 0.1) is 0 Å². The van der Waals surface area contributed by atoms with Crippen LogP contribution in [0.15, 0.2) is 4.52 Å². The van der Waals surface area contributed by atoms with Gasteiger partial charge in [-0.2, -0.15) is 16.7 Å². The van der Waals surface area contributed by atoms with E-state index in [2.05, 4.69) is 15.5 Å². The van der Waals surface area contributed by atoms with Crippen LogP contribution in [0.4, 0.5) is 0 Å². The molecule has 0 aromatic carbocycles. The molecule has 8 heteroatoms. The second kappa shape index (κ2) is 10.2.